The maximum atomic E-state index is 12.1. The molecule has 1 aromatic carbocycles. The van der Waals surface area contributed by atoms with Gasteiger partial charge in [-0.2, -0.15) is 0 Å². The molecule has 2 amide bonds. The van der Waals surface area contributed by atoms with Gasteiger partial charge in [-0.1, -0.05) is 25.1 Å². The Kier molecular flexibility index (Phi) is 5.00. The number of carbonyl (C=O) groups excluding carboxylic acids is 1. The summed E-state index contributed by atoms with van der Waals surface area (Å²) in [6, 6.07) is 8.26. The van der Waals surface area contributed by atoms with Gasteiger partial charge < -0.3 is 10.6 Å². The van der Waals surface area contributed by atoms with Crippen molar-refractivity contribution < 1.29 is 4.79 Å². The Morgan fingerprint density at radius 2 is 2.27 bits per heavy atom. The molecule has 0 spiro atoms. The molecule has 0 saturated carbocycles. The summed E-state index contributed by atoms with van der Waals surface area (Å²) >= 11 is 3.50. The largest absolute Gasteiger partial charge is 0.332 e. The van der Waals surface area contributed by atoms with Crippen molar-refractivity contribution in [2.24, 2.45) is 0 Å². The summed E-state index contributed by atoms with van der Waals surface area (Å²) in [5.74, 6) is 1.04. The minimum atomic E-state index is -0.127. The molecule has 0 radical (unpaired) electrons. The highest BCUT2D eigenvalue weighted by atomic mass is 32.2. The van der Waals surface area contributed by atoms with Crippen molar-refractivity contribution in [3.8, 4) is 0 Å². The van der Waals surface area contributed by atoms with Crippen molar-refractivity contribution in [3.63, 3.8) is 0 Å². The number of aryl methyl sites for hydroxylation is 1. The summed E-state index contributed by atoms with van der Waals surface area (Å²) in [5, 5.41) is 9.09. The summed E-state index contributed by atoms with van der Waals surface area (Å²) in [4.78, 5) is 17.8. The zero-order chi connectivity index (χ0) is 15.4. The molecule has 1 aliphatic heterocycles. The molecule has 0 unspecified atom stereocenters. The molecule has 0 bridgehead atoms. The van der Waals surface area contributed by atoms with Gasteiger partial charge in [-0.15, -0.1) is 23.1 Å². The Labute approximate surface area is 138 Å². The van der Waals surface area contributed by atoms with E-state index in [4.69, 9.17) is 0 Å². The number of thioether (sulfide) groups is 1. The minimum absolute atomic E-state index is 0.0964. The molecule has 3 rings (SSSR count). The van der Waals surface area contributed by atoms with E-state index in [1.54, 1.807) is 11.3 Å². The second-order valence-electron chi connectivity index (χ2n) is 5.14. The first kappa shape index (κ1) is 15.4. The fraction of sp³-hybridized carbons (Fsp3) is 0.375. The average molecular weight is 333 g/mol. The predicted octanol–water partition coefficient (Wildman–Crippen LogP) is 3.74. The van der Waals surface area contributed by atoms with Crippen LogP contribution in [0.3, 0.4) is 0 Å². The number of hydrogen-bond donors (Lipinski definition) is 2. The van der Waals surface area contributed by atoms with Gasteiger partial charge in [-0.25, -0.2) is 9.78 Å². The lowest BCUT2D eigenvalue weighted by molar-refractivity contribution is 0.236. The van der Waals surface area contributed by atoms with Crippen LogP contribution in [0, 0.1) is 0 Å². The van der Waals surface area contributed by atoms with Crippen LogP contribution >= 0.6 is 23.1 Å². The van der Waals surface area contributed by atoms with Crippen LogP contribution in [0.5, 0.6) is 0 Å². The van der Waals surface area contributed by atoms with E-state index in [0.29, 0.717) is 6.54 Å². The Bertz CT molecular complexity index is 656. The van der Waals surface area contributed by atoms with Crippen LogP contribution in [0.15, 0.2) is 34.5 Å². The summed E-state index contributed by atoms with van der Waals surface area (Å²) < 4.78 is 0. The SMILES string of the molecule is CCc1nc(CNC(=O)N[C@@H]2CCSc3ccccc32)cs1. The lowest BCUT2D eigenvalue weighted by Crippen LogP contribution is -2.38. The van der Waals surface area contributed by atoms with E-state index in [9.17, 15) is 4.79 Å². The molecule has 116 valence electrons. The highest BCUT2D eigenvalue weighted by Crippen LogP contribution is 2.35. The van der Waals surface area contributed by atoms with E-state index in [1.165, 1.54) is 10.5 Å². The van der Waals surface area contributed by atoms with Crippen molar-refractivity contribution >= 4 is 29.1 Å². The summed E-state index contributed by atoms with van der Waals surface area (Å²) in [6.07, 6.45) is 1.90. The molecular weight excluding hydrogens is 314 g/mol. The first-order valence-corrected chi connectivity index (χ1v) is 9.32. The van der Waals surface area contributed by atoms with Gasteiger partial charge in [0.15, 0.2) is 0 Å². The quantitative estimate of drug-likeness (QED) is 0.896. The number of rotatable bonds is 4. The van der Waals surface area contributed by atoms with Crippen molar-refractivity contribution in [2.75, 3.05) is 5.75 Å². The Hall–Kier alpha value is -1.53. The molecule has 0 saturated heterocycles. The van der Waals surface area contributed by atoms with Crippen LogP contribution in [-0.2, 0) is 13.0 Å². The van der Waals surface area contributed by atoms with Crippen LogP contribution in [0.2, 0.25) is 0 Å². The Morgan fingerprint density at radius 3 is 3.09 bits per heavy atom. The van der Waals surface area contributed by atoms with Crippen LogP contribution in [0.25, 0.3) is 0 Å². The van der Waals surface area contributed by atoms with Crippen molar-refractivity contribution in [1.82, 2.24) is 15.6 Å². The molecule has 1 aliphatic rings. The molecule has 2 heterocycles. The van der Waals surface area contributed by atoms with Gasteiger partial charge >= 0.3 is 6.03 Å². The third-order valence-corrected chi connectivity index (χ3v) is 5.76. The standard InChI is InChI=1S/C16H19N3OS2/c1-2-15-18-11(10-22-15)9-17-16(20)19-13-7-8-21-14-6-4-3-5-12(13)14/h3-6,10,13H,2,7-9H2,1H3,(H2,17,19,20)/t13-/m1/s1. The number of thiazole rings is 1. The zero-order valence-corrected chi connectivity index (χ0v) is 14.1. The molecule has 1 atom stereocenters. The van der Waals surface area contributed by atoms with Gasteiger partial charge in [0, 0.05) is 16.0 Å². The fourth-order valence-electron chi connectivity index (χ4n) is 2.46. The molecule has 0 aliphatic carbocycles. The van der Waals surface area contributed by atoms with Crippen molar-refractivity contribution in [3.05, 3.63) is 45.9 Å². The first-order chi connectivity index (χ1) is 10.8. The van der Waals surface area contributed by atoms with E-state index in [2.05, 4.69) is 34.7 Å². The average Bonchev–Trinajstić information content (AvgIpc) is 3.01. The second kappa shape index (κ2) is 7.15. The van der Waals surface area contributed by atoms with Crippen molar-refractivity contribution in [2.45, 2.75) is 37.2 Å². The molecule has 22 heavy (non-hydrogen) atoms. The van der Waals surface area contributed by atoms with Crippen LogP contribution < -0.4 is 10.6 Å². The lowest BCUT2D eigenvalue weighted by atomic mass is 10.0. The van der Waals surface area contributed by atoms with Gasteiger partial charge in [0.25, 0.3) is 0 Å². The molecule has 2 aromatic rings. The normalized spacial score (nSPS) is 16.9. The molecule has 4 nitrogen and oxygen atoms in total. The third kappa shape index (κ3) is 3.62. The second-order valence-corrected chi connectivity index (χ2v) is 7.22. The Balaban J connectivity index is 1.56. The van der Waals surface area contributed by atoms with Crippen LogP contribution in [-0.4, -0.2) is 16.8 Å². The van der Waals surface area contributed by atoms with Crippen LogP contribution in [0.4, 0.5) is 4.79 Å². The van der Waals surface area contributed by atoms with Gasteiger partial charge in [0.2, 0.25) is 0 Å². The Morgan fingerprint density at radius 1 is 1.41 bits per heavy atom. The number of urea groups is 1. The summed E-state index contributed by atoms with van der Waals surface area (Å²) in [5.41, 5.74) is 2.15. The van der Waals surface area contributed by atoms with Gasteiger partial charge in [0.1, 0.15) is 0 Å². The minimum Gasteiger partial charge on any atom is -0.332 e. The first-order valence-electron chi connectivity index (χ1n) is 7.45. The van der Waals surface area contributed by atoms with E-state index in [-0.39, 0.29) is 12.1 Å². The lowest BCUT2D eigenvalue weighted by Gasteiger charge is -2.25. The van der Waals surface area contributed by atoms with E-state index in [0.717, 1.165) is 29.3 Å². The number of nitrogens with zero attached hydrogens (tertiary/aromatic N) is 1. The summed E-state index contributed by atoms with van der Waals surface area (Å²) in [6.45, 7) is 2.56. The number of carbonyl (C=O) groups is 1. The summed E-state index contributed by atoms with van der Waals surface area (Å²) in [7, 11) is 0. The highest BCUT2D eigenvalue weighted by molar-refractivity contribution is 7.99. The van der Waals surface area contributed by atoms with E-state index in [1.807, 2.05) is 29.3 Å². The number of benzene rings is 1. The number of aromatic nitrogens is 1. The molecule has 6 heteroatoms. The molecule has 0 fully saturated rings. The molecule has 1 aromatic heterocycles. The number of nitrogens with one attached hydrogen (secondary N) is 2. The predicted molar refractivity (Wildman–Crippen MR) is 91.4 cm³/mol. The van der Waals surface area contributed by atoms with Crippen molar-refractivity contribution in [1.29, 1.82) is 0 Å². The monoisotopic (exact) mass is 333 g/mol. The van der Waals surface area contributed by atoms with E-state index >= 15 is 0 Å². The van der Waals surface area contributed by atoms with Gasteiger partial charge in [-0.3, -0.25) is 0 Å². The third-order valence-electron chi connectivity index (χ3n) is 3.60. The van der Waals surface area contributed by atoms with Gasteiger partial charge in [-0.05, 0) is 24.5 Å². The highest BCUT2D eigenvalue weighted by Gasteiger charge is 2.21. The number of fused-ring (bicyclic) bond motifs is 1. The smallest absolute Gasteiger partial charge is 0.315 e. The fourth-order valence-corrected chi connectivity index (χ4v) is 4.33. The maximum Gasteiger partial charge on any atom is 0.315 e. The topological polar surface area (TPSA) is 54.0 Å². The van der Waals surface area contributed by atoms with Gasteiger partial charge in [0.05, 0.1) is 23.3 Å². The maximum absolute atomic E-state index is 12.1. The van der Waals surface area contributed by atoms with Crippen LogP contribution in [0.1, 0.15) is 35.7 Å². The van der Waals surface area contributed by atoms with E-state index < -0.39 is 0 Å². The molecular formula is C16H19N3OS2. The molecule has 2 N–H and O–H groups in total. The zero-order valence-electron chi connectivity index (χ0n) is 12.5. The number of amides is 2. The number of hydrogen-bond acceptors (Lipinski definition) is 4.